The number of benzene rings is 2. The van der Waals surface area contributed by atoms with Crippen LogP contribution in [0.3, 0.4) is 0 Å². The van der Waals surface area contributed by atoms with Gasteiger partial charge in [0, 0.05) is 13.1 Å². The van der Waals surface area contributed by atoms with Crippen molar-refractivity contribution in [3.05, 3.63) is 65.2 Å². The van der Waals surface area contributed by atoms with Crippen LogP contribution >= 0.6 is 0 Å². The van der Waals surface area contributed by atoms with E-state index in [2.05, 4.69) is 19.2 Å². The van der Waals surface area contributed by atoms with Crippen molar-refractivity contribution in [2.24, 2.45) is 0 Å². The Hall–Kier alpha value is -2.82. The number of nitrogens with one attached hydrogen (secondary N) is 1. The van der Waals surface area contributed by atoms with Crippen molar-refractivity contribution in [1.29, 1.82) is 0 Å². The fourth-order valence-corrected chi connectivity index (χ4v) is 3.36. The van der Waals surface area contributed by atoms with E-state index >= 15 is 0 Å². The Labute approximate surface area is 180 Å². The highest BCUT2D eigenvalue weighted by Gasteiger charge is 2.28. The van der Waals surface area contributed by atoms with Gasteiger partial charge in [0.15, 0.2) is 6.61 Å². The van der Waals surface area contributed by atoms with Gasteiger partial charge in [0.25, 0.3) is 5.91 Å². The van der Waals surface area contributed by atoms with Gasteiger partial charge in [0.2, 0.25) is 5.91 Å². The molecule has 0 spiro atoms. The molecule has 5 heteroatoms. The zero-order valence-electron chi connectivity index (χ0n) is 18.8. The maximum Gasteiger partial charge on any atom is 0.261 e. The highest BCUT2D eigenvalue weighted by molar-refractivity contribution is 5.88. The Morgan fingerprint density at radius 1 is 1.03 bits per heavy atom. The van der Waals surface area contributed by atoms with Crippen LogP contribution in [0.4, 0.5) is 0 Å². The van der Waals surface area contributed by atoms with Crippen LogP contribution in [0.1, 0.15) is 56.7 Å². The van der Waals surface area contributed by atoms with E-state index in [1.54, 1.807) is 4.90 Å². The molecule has 0 fully saturated rings. The summed E-state index contributed by atoms with van der Waals surface area (Å²) in [7, 11) is 0. The second-order valence-electron chi connectivity index (χ2n) is 7.78. The first-order chi connectivity index (χ1) is 14.4. The van der Waals surface area contributed by atoms with Crippen LogP contribution in [0.2, 0.25) is 0 Å². The molecule has 5 nitrogen and oxygen atoms in total. The molecule has 0 radical (unpaired) electrons. The molecule has 30 heavy (non-hydrogen) atoms. The van der Waals surface area contributed by atoms with Crippen LogP contribution in [0.5, 0.6) is 5.75 Å². The topological polar surface area (TPSA) is 58.6 Å². The summed E-state index contributed by atoms with van der Waals surface area (Å²) in [5, 5.41) is 2.85. The van der Waals surface area contributed by atoms with Crippen molar-refractivity contribution < 1.29 is 14.3 Å². The van der Waals surface area contributed by atoms with E-state index in [0.29, 0.717) is 31.2 Å². The van der Waals surface area contributed by atoms with Crippen LogP contribution in [0, 0.1) is 6.92 Å². The lowest BCUT2D eigenvalue weighted by Crippen LogP contribution is -2.50. The first-order valence-corrected chi connectivity index (χ1v) is 10.7. The Balaban J connectivity index is 2.18. The molecule has 0 heterocycles. The van der Waals surface area contributed by atoms with Crippen molar-refractivity contribution in [3.8, 4) is 5.75 Å². The van der Waals surface area contributed by atoms with Gasteiger partial charge in [0.05, 0.1) is 0 Å². The SMILES string of the molecule is CCNC(=O)[C@H](CC)N(Cc1ccccc1C)C(=O)COc1ccc(C(C)C)cc1. The van der Waals surface area contributed by atoms with Crippen LogP contribution < -0.4 is 10.1 Å². The summed E-state index contributed by atoms with van der Waals surface area (Å²) in [6.07, 6.45) is 0.534. The first kappa shape index (κ1) is 23.5. The number of carbonyl (C=O) groups excluding carboxylic acids is 2. The zero-order chi connectivity index (χ0) is 22.1. The van der Waals surface area contributed by atoms with Crippen molar-refractivity contribution in [2.75, 3.05) is 13.2 Å². The number of aryl methyl sites for hydroxylation is 1. The van der Waals surface area contributed by atoms with Gasteiger partial charge in [-0.25, -0.2) is 0 Å². The highest BCUT2D eigenvalue weighted by atomic mass is 16.5. The number of nitrogens with zero attached hydrogens (tertiary/aromatic N) is 1. The molecule has 0 aliphatic heterocycles. The lowest BCUT2D eigenvalue weighted by Gasteiger charge is -2.31. The van der Waals surface area contributed by atoms with E-state index < -0.39 is 6.04 Å². The van der Waals surface area contributed by atoms with Gasteiger partial charge >= 0.3 is 0 Å². The smallest absolute Gasteiger partial charge is 0.261 e. The molecular formula is C25H34N2O3. The quantitative estimate of drug-likeness (QED) is 0.630. The molecule has 0 saturated carbocycles. The van der Waals surface area contributed by atoms with Gasteiger partial charge in [-0.15, -0.1) is 0 Å². The average Bonchev–Trinajstić information content (AvgIpc) is 2.73. The standard InChI is InChI=1S/C25H34N2O3/c1-6-23(25(29)26-7-2)27(16-21-11-9-8-10-19(21)5)24(28)17-30-22-14-12-20(13-15-22)18(3)4/h8-15,18,23H,6-7,16-17H2,1-5H3,(H,26,29)/t23-/m0/s1. The molecule has 0 unspecified atom stereocenters. The van der Waals surface area contributed by atoms with Gasteiger partial charge in [-0.2, -0.15) is 0 Å². The molecule has 2 aromatic carbocycles. The maximum absolute atomic E-state index is 13.1. The molecular weight excluding hydrogens is 376 g/mol. The fourth-order valence-electron chi connectivity index (χ4n) is 3.36. The van der Waals surface area contributed by atoms with Crippen LogP contribution in [-0.2, 0) is 16.1 Å². The average molecular weight is 411 g/mol. The molecule has 0 aliphatic carbocycles. The van der Waals surface area contributed by atoms with Crippen LogP contribution in [-0.4, -0.2) is 35.9 Å². The normalized spacial score (nSPS) is 11.8. The molecule has 162 valence electrons. The van der Waals surface area contributed by atoms with E-state index in [-0.39, 0.29) is 18.4 Å². The van der Waals surface area contributed by atoms with Crippen LogP contribution in [0.15, 0.2) is 48.5 Å². The van der Waals surface area contributed by atoms with Crippen molar-refractivity contribution in [3.63, 3.8) is 0 Å². The summed E-state index contributed by atoms with van der Waals surface area (Å²) in [4.78, 5) is 27.4. The molecule has 2 aromatic rings. The second kappa shape index (κ2) is 11.4. The number of hydrogen-bond donors (Lipinski definition) is 1. The molecule has 2 rings (SSSR count). The van der Waals surface area contributed by atoms with Crippen molar-refractivity contribution >= 4 is 11.8 Å². The van der Waals surface area contributed by atoms with E-state index in [0.717, 1.165) is 11.1 Å². The van der Waals surface area contributed by atoms with E-state index in [9.17, 15) is 9.59 Å². The first-order valence-electron chi connectivity index (χ1n) is 10.7. The number of hydrogen-bond acceptors (Lipinski definition) is 3. The minimum Gasteiger partial charge on any atom is -0.484 e. The predicted molar refractivity (Wildman–Crippen MR) is 121 cm³/mol. The largest absolute Gasteiger partial charge is 0.484 e. The Bertz CT molecular complexity index is 831. The maximum atomic E-state index is 13.1. The van der Waals surface area contributed by atoms with Crippen LogP contribution in [0.25, 0.3) is 0 Å². The molecule has 2 amide bonds. The Morgan fingerprint density at radius 3 is 2.27 bits per heavy atom. The molecule has 0 bridgehead atoms. The monoisotopic (exact) mass is 410 g/mol. The summed E-state index contributed by atoms with van der Waals surface area (Å²) < 4.78 is 5.76. The molecule has 0 aromatic heterocycles. The number of likely N-dealkylation sites (N-methyl/N-ethyl adjacent to an activating group) is 1. The number of amides is 2. The van der Waals surface area contributed by atoms with Gasteiger partial charge in [-0.3, -0.25) is 9.59 Å². The van der Waals surface area contributed by atoms with E-state index in [1.807, 2.05) is 69.3 Å². The van der Waals surface area contributed by atoms with Gasteiger partial charge in [-0.1, -0.05) is 57.2 Å². The third-order valence-corrected chi connectivity index (χ3v) is 5.25. The predicted octanol–water partition coefficient (Wildman–Crippen LogP) is 4.44. The fraction of sp³-hybridized carbons (Fsp3) is 0.440. The van der Waals surface area contributed by atoms with E-state index in [1.165, 1.54) is 5.56 Å². The summed E-state index contributed by atoms with van der Waals surface area (Å²) in [5.41, 5.74) is 3.33. The minimum absolute atomic E-state index is 0.108. The summed E-state index contributed by atoms with van der Waals surface area (Å²) in [5.74, 6) is 0.745. The lowest BCUT2D eigenvalue weighted by molar-refractivity contribution is -0.142. The number of carbonyl (C=O) groups is 2. The van der Waals surface area contributed by atoms with Crippen molar-refractivity contribution in [2.45, 2.75) is 59.5 Å². The summed E-state index contributed by atoms with van der Waals surface area (Å²) in [6.45, 7) is 10.9. The molecule has 0 saturated heterocycles. The van der Waals surface area contributed by atoms with Crippen molar-refractivity contribution in [1.82, 2.24) is 10.2 Å². The second-order valence-corrected chi connectivity index (χ2v) is 7.78. The van der Waals surface area contributed by atoms with E-state index in [4.69, 9.17) is 4.74 Å². The summed E-state index contributed by atoms with van der Waals surface area (Å²) in [6, 6.07) is 15.2. The third kappa shape index (κ3) is 6.34. The lowest BCUT2D eigenvalue weighted by atomic mass is 10.0. The minimum atomic E-state index is -0.538. The highest BCUT2D eigenvalue weighted by Crippen LogP contribution is 2.20. The van der Waals surface area contributed by atoms with Gasteiger partial charge < -0.3 is 15.0 Å². The zero-order valence-corrected chi connectivity index (χ0v) is 18.8. The van der Waals surface area contributed by atoms with Gasteiger partial charge in [0.1, 0.15) is 11.8 Å². The Morgan fingerprint density at radius 2 is 1.70 bits per heavy atom. The van der Waals surface area contributed by atoms with Gasteiger partial charge in [-0.05, 0) is 55.0 Å². The third-order valence-electron chi connectivity index (χ3n) is 5.25. The molecule has 1 atom stereocenters. The summed E-state index contributed by atoms with van der Waals surface area (Å²) >= 11 is 0. The Kier molecular flexibility index (Phi) is 8.90. The number of ether oxygens (including phenoxy) is 1. The molecule has 1 N–H and O–H groups in total. The molecule has 0 aliphatic rings. The number of rotatable bonds is 10.